The average molecular weight is 269 g/mol. The second-order valence-corrected chi connectivity index (χ2v) is 4.38. The van der Waals surface area contributed by atoms with Crippen molar-refractivity contribution in [1.29, 1.82) is 0 Å². The normalized spacial score (nSPS) is 12.4. The van der Waals surface area contributed by atoms with Crippen LogP contribution in [-0.2, 0) is 9.47 Å². The van der Waals surface area contributed by atoms with E-state index in [2.05, 4.69) is 10.3 Å². The fourth-order valence-electron chi connectivity index (χ4n) is 1.90. The molecule has 0 amide bonds. The summed E-state index contributed by atoms with van der Waals surface area (Å²) in [4.78, 5) is 6.21. The van der Waals surface area contributed by atoms with Crippen LogP contribution in [-0.4, -0.2) is 52.7 Å². The van der Waals surface area contributed by atoms with Crippen molar-refractivity contribution in [2.75, 3.05) is 45.6 Å². The van der Waals surface area contributed by atoms with Gasteiger partial charge in [-0.1, -0.05) is 0 Å². The number of pyridine rings is 1. The van der Waals surface area contributed by atoms with Crippen molar-refractivity contribution < 1.29 is 14.2 Å². The molecular weight excluding hydrogens is 246 g/mol. The SMILES string of the molecule is COc1nccc(N(C)C)c1NC(C)C(OC)OC. The predicted molar refractivity (Wildman–Crippen MR) is 76.0 cm³/mol. The van der Waals surface area contributed by atoms with Crippen LogP contribution < -0.4 is 15.0 Å². The molecule has 1 aromatic heterocycles. The summed E-state index contributed by atoms with van der Waals surface area (Å²) in [5.74, 6) is 0.545. The third-order valence-corrected chi connectivity index (χ3v) is 2.81. The van der Waals surface area contributed by atoms with Crippen LogP contribution in [0.25, 0.3) is 0 Å². The Morgan fingerprint density at radius 1 is 1.21 bits per heavy atom. The van der Waals surface area contributed by atoms with Gasteiger partial charge in [-0.3, -0.25) is 0 Å². The van der Waals surface area contributed by atoms with Gasteiger partial charge in [0.2, 0.25) is 5.88 Å². The Hall–Kier alpha value is -1.53. The van der Waals surface area contributed by atoms with E-state index in [1.54, 1.807) is 27.5 Å². The van der Waals surface area contributed by atoms with Gasteiger partial charge < -0.3 is 24.4 Å². The molecule has 0 spiro atoms. The molecule has 0 aliphatic carbocycles. The number of ether oxygens (including phenoxy) is 3. The average Bonchev–Trinajstić information content (AvgIpc) is 2.40. The van der Waals surface area contributed by atoms with Crippen LogP contribution in [0.2, 0.25) is 0 Å². The van der Waals surface area contributed by atoms with Gasteiger partial charge in [-0.05, 0) is 13.0 Å². The molecule has 0 saturated heterocycles. The lowest BCUT2D eigenvalue weighted by molar-refractivity contribution is -0.109. The minimum Gasteiger partial charge on any atom is -0.479 e. The van der Waals surface area contributed by atoms with Crippen molar-refractivity contribution in [3.8, 4) is 5.88 Å². The van der Waals surface area contributed by atoms with Gasteiger partial charge in [0.15, 0.2) is 6.29 Å². The quantitative estimate of drug-likeness (QED) is 0.758. The number of nitrogens with zero attached hydrogens (tertiary/aromatic N) is 2. The van der Waals surface area contributed by atoms with Gasteiger partial charge in [-0.25, -0.2) is 4.98 Å². The molecule has 0 saturated carbocycles. The molecule has 6 heteroatoms. The van der Waals surface area contributed by atoms with Crippen molar-refractivity contribution in [3.63, 3.8) is 0 Å². The zero-order chi connectivity index (χ0) is 14.4. The zero-order valence-corrected chi connectivity index (χ0v) is 12.4. The lowest BCUT2D eigenvalue weighted by Crippen LogP contribution is -2.34. The molecule has 1 N–H and O–H groups in total. The predicted octanol–water partition coefficient (Wildman–Crippen LogP) is 1.58. The summed E-state index contributed by atoms with van der Waals surface area (Å²) in [5, 5.41) is 3.33. The summed E-state index contributed by atoms with van der Waals surface area (Å²) in [6, 6.07) is 1.87. The summed E-state index contributed by atoms with van der Waals surface area (Å²) < 4.78 is 15.8. The Labute approximate surface area is 114 Å². The highest BCUT2D eigenvalue weighted by atomic mass is 16.7. The molecule has 19 heavy (non-hydrogen) atoms. The topological polar surface area (TPSA) is 55.9 Å². The molecule has 0 fully saturated rings. The van der Waals surface area contributed by atoms with Crippen molar-refractivity contribution in [3.05, 3.63) is 12.3 Å². The summed E-state index contributed by atoms with van der Waals surface area (Å²) >= 11 is 0. The van der Waals surface area contributed by atoms with Crippen molar-refractivity contribution in [1.82, 2.24) is 4.98 Å². The zero-order valence-electron chi connectivity index (χ0n) is 12.4. The first kappa shape index (κ1) is 15.5. The Bertz CT molecular complexity index is 395. The van der Waals surface area contributed by atoms with Gasteiger partial charge in [-0.2, -0.15) is 0 Å². The first-order valence-corrected chi connectivity index (χ1v) is 6.07. The lowest BCUT2D eigenvalue weighted by atomic mass is 10.2. The van der Waals surface area contributed by atoms with E-state index in [9.17, 15) is 0 Å². The van der Waals surface area contributed by atoms with Gasteiger partial charge in [0.05, 0.1) is 18.8 Å². The van der Waals surface area contributed by atoms with Crippen LogP contribution in [0, 0.1) is 0 Å². The Morgan fingerprint density at radius 3 is 2.32 bits per heavy atom. The number of hydrogen-bond donors (Lipinski definition) is 1. The molecule has 1 rings (SSSR count). The van der Waals surface area contributed by atoms with E-state index < -0.39 is 0 Å². The van der Waals surface area contributed by atoms with Crippen LogP contribution in [0.3, 0.4) is 0 Å². The minimum absolute atomic E-state index is 0.0493. The minimum atomic E-state index is -0.347. The molecule has 1 heterocycles. The molecule has 108 valence electrons. The molecule has 1 atom stereocenters. The van der Waals surface area contributed by atoms with E-state index >= 15 is 0 Å². The molecular formula is C13H23N3O3. The molecule has 6 nitrogen and oxygen atoms in total. The molecule has 1 unspecified atom stereocenters. The monoisotopic (exact) mass is 269 g/mol. The first-order valence-electron chi connectivity index (χ1n) is 6.07. The van der Waals surface area contributed by atoms with E-state index in [-0.39, 0.29) is 12.3 Å². The fourth-order valence-corrected chi connectivity index (χ4v) is 1.90. The van der Waals surface area contributed by atoms with Gasteiger partial charge in [0, 0.05) is 34.5 Å². The highest BCUT2D eigenvalue weighted by Crippen LogP contribution is 2.32. The van der Waals surface area contributed by atoms with E-state index in [1.807, 2.05) is 32.0 Å². The summed E-state index contributed by atoms with van der Waals surface area (Å²) in [6.07, 6.45) is 1.37. The lowest BCUT2D eigenvalue weighted by Gasteiger charge is -2.26. The molecule has 0 radical (unpaired) electrons. The Balaban J connectivity index is 3.04. The summed E-state index contributed by atoms with van der Waals surface area (Å²) in [7, 11) is 8.75. The van der Waals surface area contributed by atoms with Gasteiger partial charge in [0.1, 0.15) is 5.69 Å². The first-order chi connectivity index (χ1) is 9.04. The van der Waals surface area contributed by atoms with Crippen molar-refractivity contribution >= 4 is 11.4 Å². The van der Waals surface area contributed by atoms with Gasteiger partial charge >= 0.3 is 0 Å². The second kappa shape index (κ2) is 7.16. The number of methoxy groups -OCH3 is 3. The van der Waals surface area contributed by atoms with Crippen molar-refractivity contribution in [2.24, 2.45) is 0 Å². The van der Waals surface area contributed by atoms with Crippen LogP contribution in [0.1, 0.15) is 6.92 Å². The fraction of sp³-hybridized carbons (Fsp3) is 0.615. The standard InChI is InChI=1S/C13H23N3O3/c1-9(13(18-5)19-6)15-11-10(16(2)3)7-8-14-12(11)17-4/h7-9,13,15H,1-6H3. The van der Waals surface area contributed by atoms with E-state index in [0.29, 0.717) is 5.88 Å². The van der Waals surface area contributed by atoms with E-state index in [4.69, 9.17) is 14.2 Å². The smallest absolute Gasteiger partial charge is 0.239 e. The Morgan fingerprint density at radius 2 is 1.84 bits per heavy atom. The van der Waals surface area contributed by atoms with Crippen LogP contribution in [0.4, 0.5) is 11.4 Å². The van der Waals surface area contributed by atoms with Gasteiger partial charge in [0.25, 0.3) is 0 Å². The van der Waals surface area contributed by atoms with Crippen LogP contribution in [0.15, 0.2) is 12.3 Å². The molecule has 0 bridgehead atoms. The number of aromatic nitrogens is 1. The van der Waals surface area contributed by atoms with Gasteiger partial charge in [-0.15, -0.1) is 0 Å². The van der Waals surface area contributed by atoms with E-state index in [0.717, 1.165) is 11.4 Å². The maximum absolute atomic E-state index is 5.30. The maximum atomic E-state index is 5.30. The number of nitrogens with one attached hydrogen (secondary N) is 1. The largest absolute Gasteiger partial charge is 0.479 e. The highest BCUT2D eigenvalue weighted by molar-refractivity contribution is 5.74. The number of anilines is 2. The van der Waals surface area contributed by atoms with E-state index in [1.165, 1.54) is 0 Å². The third kappa shape index (κ3) is 3.71. The second-order valence-electron chi connectivity index (χ2n) is 4.38. The molecule has 0 aromatic carbocycles. The van der Waals surface area contributed by atoms with Crippen LogP contribution >= 0.6 is 0 Å². The van der Waals surface area contributed by atoms with Crippen molar-refractivity contribution in [2.45, 2.75) is 19.3 Å². The molecule has 0 aliphatic rings. The van der Waals surface area contributed by atoms with Crippen LogP contribution in [0.5, 0.6) is 5.88 Å². The molecule has 0 aliphatic heterocycles. The summed E-state index contributed by atoms with van der Waals surface area (Å²) in [6.45, 7) is 1.98. The number of rotatable bonds is 7. The summed E-state index contributed by atoms with van der Waals surface area (Å²) in [5.41, 5.74) is 1.81. The highest BCUT2D eigenvalue weighted by Gasteiger charge is 2.20. The Kier molecular flexibility index (Phi) is 5.85. The molecule has 1 aromatic rings. The third-order valence-electron chi connectivity index (χ3n) is 2.81. The maximum Gasteiger partial charge on any atom is 0.239 e. The number of hydrogen-bond acceptors (Lipinski definition) is 6.